The fraction of sp³-hybridized carbons (Fsp3) is 0.741. The Balaban J connectivity index is 2.21. The third kappa shape index (κ3) is 9.58. The average Bonchev–Trinajstić information content (AvgIpc) is 3.34. The Morgan fingerprint density at radius 3 is 2.31 bits per heavy atom. The van der Waals surface area contributed by atoms with E-state index in [1.807, 2.05) is 0 Å². The topological polar surface area (TPSA) is 134 Å². The molecule has 3 unspecified atom stereocenters. The third-order valence-corrected chi connectivity index (χ3v) is 6.85. The van der Waals surface area contributed by atoms with Gasteiger partial charge in [-0.15, -0.1) is 6.58 Å². The lowest BCUT2D eigenvalue weighted by Crippen LogP contribution is -2.58. The number of ether oxygens (including phenoxy) is 1. The van der Waals surface area contributed by atoms with Crippen LogP contribution in [0, 0.1) is 5.92 Å². The molecular formula is C27H42F2N4O6. The first kappa shape index (κ1) is 32.2. The maximum absolute atomic E-state index is 13.8. The molecule has 1 heterocycles. The summed E-state index contributed by atoms with van der Waals surface area (Å²) in [5, 5.41) is 7.60. The molecule has 220 valence electrons. The van der Waals surface area contributed by atoms with Gasteiger partial charge >= 0.3 is 6.09 Å². The molecule has 3 N–H and O–H groups in total. The zero-order valence-electron chi connectivity index (χ0n) is 23.3. The van der Waals surface area contributed by atoms with Gasteiger partial charge in [0.25, 0.3) is 5.91 Å². The Hall–Kier alpha value is -3.05. The van der Waals surface area contributed by atoms with Gasteiger partial charge in [-0.3, -0.25) is 19.2 Å². The molecule has 0 aromatic rings. The first-order chi connectivity index (χ1) is 18.2. The van der Waals surface area contributed by atoms with Gasteiger partial charge in [0.2, 0.25) is 23.5 Å². The number of carbonyl (C=O) groups is 5. The summed E-state index contributed by atoms with van der Waals surface area (Å²) < 4.78 is 33.0. The number of rotatable bonds is 11. The molecule has 2 aliphatic rings. The lowest BCUT2D eigenvalue weighted by Gasteiger charge is -2.36. The van der Waals surface area contributed by atoms with Crippen molar-refractivity contribution in [2.24, 2.45) is 5.92 Å². The highest BCUT2D eigenvalue weighted by molar-refractivity contribution is 6.38. The van der Waals surface area contributed by atoms with Crippen LogP contribution in [0.2, 0.25) is 0 Å². The second kappa shape index (κ2) is 13.8. The summed E-state index contributed by atoms with van der Waals surface area (Å²) in [6.45, 7) is 10.6. The van der Waals surface area contributed by atoms with Crippen molar-refractivity contribution >= 4 is 29.6 Å². The van der Waals surface area contributed by atoms with Crippen LogP contribution in [0.4, 0.5) is 13.6 Å². The highest BCUT2D eigenvalue weighted by Crippen LogP contribution is 2.38. The second-order valence-corrected chi connectivity index (χ2v) is 11.2. The quantitative estimate of drug-likeness (QED) is 0.265. The SMILES string of the molecule is C=CCNC(=O)C(=O)C(CCC)NC(=O)C1CCCN1C(=O)C(NC(=O)OC(C)(C)C)C1CCC(F)(F)CC1. The fourth-order valence-electron chi connectivity index (χ4n) is 4.93. The predicted molar refractivity (Wildman–Crippen MR) is 140 cm³/mol. The van der Waals surface area contributed by atoms with Crippen LogP contribution in [-0.2, 0) is 23.9 Å². The van der Waals surface area contributed by atoms with E-state index < -0.39 is 78.0 Å². The number of alkyl carbamates (subject to hydrolysis) is 1. The smallest absolute Gasteiger partial charge is 0.408 e. The second-order valence-electron chi connectivity index (χ2n) is 11.2. The largest absolute Gasteiger partial charge is 0.444 e. The molecule has 0 radical (unpaired) electrons. The third-order valence-electron chi connectivity index (χ3n) is 6.85. The molecule has 1 saturated heterocycles. The minimum absolute atomic E-state index is 0.0246. The van der Waals surface area contributed by atoms with Gasteiger partial charge < -0.3 is 25.6 Å². The van der Waals surface area contributed by atoms with E-state index in [0.717, 1.165) is 0 Å². The summed E-state index contributed by atoms with van der Waals surface area (Å²) in [4.78, 5) is 65.7. The molecule has 1 saturated carbocycles. The first-order valence-corrected chi connectivity index (χ1v) is 13.6. The zero-order chi connectivity index (χ0) is 29.4. The van der Waals surface area contributed by atoms with Crippen molar-refractivity contribution in [1.82, 2.24) is 20.9 Å². The number of amides is 4. The Labute approximate surface area is 228 Å². The average molecular weight is 557 g/mol. The van der Waals surface area contributed by atoms with Crippen LogP contribution in [0.25, 0.3) is 0 Å². The van der Waals surface area contributed by atoms with Crippen molar-refractivity contribution in [3.05, 3.63) is 12.7 Å². The molecule has 0 aromatic carbocycles. The van der Waals surface area contributed by atoms with Gasteiger partial charge in [-0.1, -0.05) is 19.4 Å². The van der Waals surface area contributed by atoms with E-state index in [0.29, 0.717) is 19.3 Å². The van der Waals surface area contributed by atoms with E-state index in [4.69, 9.17) is 4.74 Å². The van der Waals surface area contributed by atoms with E-state index in [-0.39, 0.29) is 32.4 Å². The normalized spacial score (nSPS) is 20.9. The van der Waals surface area contributed by atoms with Gasteiger partial charge in [-0.05, 0) is 58.8 Å². The maximum Gasteiger partial charge on any atom is 0.408 e. The molecule has 4 amide bonds. The lowest BCUT2D eigenvalue weighted by molar-refractivity contribution is -0.144. The summed E-state index contributed by atoms with van der Waals surface area (Å²) in [7, 11) is 0. The van der Waals surface area contributed by atoms with Crippen molar-refractivity contribution in [2.45, 2.75) is 109 Å². The highest BCUT2D eigenvalue weighted by Gasteiger charge is 2.45. The lowest BCUT2D eigenvalue weighted by atomic mass is 9.81. The molecule has 10 nitrogen and oxygen atoms in total. The Bertz CT molecular complexity index is 926. The number of ketones is 1. The summed E-state index contributed by atoms with van der Waals surface area (Å²) >= 11 is 0. The van der Waals surface area contributed by atoms with Crippen LogP contribution in [0.15, 0.2) is 12.7 Å². The summed E-state index contributed by atoms with van der Waals surface area (Å²) in [5.74, 6) is -6.17. The van der Waals surface area contributed by atoms with Crippen molar-refractivity contribution in [3.63, 3.8) is 0 Å². The van der Waals surface area contributed by atoms with Gasteiger partial charge in [0, 0.05) is 25.9 Å². The Kier molecular flexibility index (Phi) is 11.4. The van der Waals surface area contributed by atoms with Crippen LogP contribution >= 0.6 is 0 Å². The molecular weight excluding hydrogens is 514 g/mol. The van der Waals surface area contributed by atoms with Gasteiger partial charge in [0.05, 0.1) is 6.04 Å². The number of likely N-dealkylation sites (tertiary alicyclic amines) is 1. The Morgan fingerprint density at radius 2 is 1.74 bits per heavy atom. The van der Waals surface area contributed by atoms with Crippen molar-refractivity contribution in [2.75, 3.05) is 13.1 Å². The predicted octanol–water partition coefficient (Wildman–Crippen LogP) is 2.85. The number of halogens is 2. The standard InChI is InChI=1S/C27H42F2N4O6/c1-6-9-18(21(34)23(36)30-15-7-2)31-22(35)19-10-8-16-33(19)24(37)20(32-25(38)39-26(3,4)5)17-11-13-27(28,29)14-12-17/h7,17-20H,2,6,8-16H2,1,3-5H3,(H,30,36)(H,31,35)(H,32,38). The van der Waals surface area contributed by atoms with Crippen molar-refractivity contribution in [3.8, 4) is 0 Å². The molecule has 12 heteroatoms. The van der Waals surface area contributed by atoms with E-state index in [2.05, 4.69) is 22.5 Å². The molecule has 1 aliphatic heterocycles. The van der Waals surface area contributed by atoms with Crippen molar-refractivity contribution in [1.29, 1.82) is 0 Å². The molecule has 2 rings (SSSR count). The number of nitrogens with one attached hydrogen (secondary N) is 3. The summed E-state index contributed by atoms with van der Waals surface area (Å²) in [5.41, 5.74) is -0.841. The fourth-order valence-corrected chi connectivity index (χ4v) is 4.93. The van der Waals surface area contributed by atoms with Crippen LogP contribution < -0.4 is 16.0 Å². The molecule has 0 bridgehead atoms. The van der Waals surface area contributed by atoms with Crippen LogP contribution in [0.1, 0.15) is 79.1 Å². The number of alkyl halides is 2. The van der Waals surface area contributed by atoms with E-state index in [1.54, 1.807) is 27.7 Å². The van der Waals surface area contributed by atoms with E-state index in [1.165, 1.54) is 11.0 Å². The van der Waals surface area contributed by atoms with Gasteiger partial charge in [0.1, 0.15) is 17.7 Å². The molecule has 1 aliphatic carbocycles. The van der Waals surface area contributed by atoms with Crippen LogP contribution in [0.3, 0.4) is 0 Å². The minimum Gasteiger partial charge on any atom is -0.444 e. The highest BCUT2D eigenvalue weighted by atomic mass is 19.3. The molecule has 2 fully saturated rings. The van der Waals surface area contributed by atoms with Gasteiger partial charge in [-0.2, -0.15) is 0 Å². The zero-order valence-corrected chi connectivity index (χ0v) is 23.3. The number of nitrogens with zero attached hydrogens (tertiary/aromatic N) is 1. The van der Waals surface area contributed by atoms with E-state index in [9.17, 15) is 32.8 Å². The van der Waals surface area contributed by atoms with Crippen molar-refractivity contribution < 1.29 is 37.5 Å². The summed E-state index contributed by atoms with van der Waals surface area (Å²) in [6, 6.07) is -3.16. The minimum atomic E-state index is -2.83. The van der Waals surface area contributed by atoms with Crippen LogP contribution in [-0.4, -0.2) is 77.2 Å². The van der Waals surface area contributed by atoms with Gasteiger partial charge in [0.15, 0.2) is 0 Å². The first-order valence-electron chi connectivity index (χ1n) is 13.6. The number of carbonyl (C=O) groups excluding carboxylic acids is 5. The number of Topliss-reactive ketones (excluding diaryl/α,β-unsaturated/α-hetero) is 1. The van der Waals surface area contributed by atoms with E-state index >= 15 is 0 Å². The van der Waals surface area contributed by atoms with Gasteiger partial charge in [-0.25, -0.2) is 13.6 Å². The summed E-state index contributed by atoms with van der Waals surface area (Å²) in [6.07, 6.45) is 1.37. The number of hydrogen-bond acceptors (Lipinski definition) is 6. The molecule has 0 spiro atoms. The maximum atomic E-state index is 13.8. The monoisotopic (exact) mass is 556 g/mol. The Morgan fingerprint density at radius 1 is 1.10 bits per heavy atom. The van der Waals surface area contributed by atoms with Crippen LogP contribution in [0.5, 0.6) is 0 Å². The molecule has 39 heavy (non-hydrogen) atoms. The molecule has 3 atom stereocenters. The number of hydrogen-bond donors (Lipinski definition) is 3. The molecule has 0 aromatic heterocycles.